The topological polar surface area (TPSA) is 0 Å². The minimum atomic E-state index is 0.110. The Morgan fingerprint density at radius 1 is 0.500 bits per heavy atom. The highest BCUT2D eigenvalue weighted by Crippen LogP contribution is 2.31. The molecule has 0 amide bonds. The minimum absolute atomic E-state index is 0.110. The first-order valence-corrected chi connectivity index (χ1v) is 14.6. The molecule has 3 rings (SSSR count). The van der Waals surface area contributed by atoms with Gasteiger partial charge in [0.2, 0.25) is 0 Å². The van der Waals surface area contributed by atoms with E-state index >= 15 is 0 Å². The molecule has 0 spiro atoms. The molecule has 0 saturated heterocycles. The Hall–Kier alpha value is -2.17. The van der Waals surface area contributed by atoms with Crippen molar-refractivity contribution in [3.05, 3.63) is 105 Å². The van der Waals surface area contributed by atoms with Crippen molar-refractivity contribution in [3.63, 3.8) is 0 Å². The average molecular weight is 499 g/mol. The van der Waals surface area contributed by atoms with Gasteiger partial charge in [0.25, 0.3) is 0 Å². The summed E-state index contributed by atoms with van der Waals surface area (Å²) in [7, 11) is 1.17. The van der Waals surface area contributed by atoms with E-state index in [1.165, 1.54) is 58.3 Å². The molecule has 0 bridgehead atoms. The molecule has 1 heteroatoms. The Labute approximate surface area is 223 Å². The Balaban J connectivity index is 2.04. The zero-order chi connectivity index (χ0) is 26.9. The van der Waals surface area contributed by atoms with Gasteiger partial charge in [0.1, 0.15) is 0 Å². The molecule has 3 aromatic rings. The number of aryl methyl sites for hydroxylation is 1. The quantitative estimate of drug-likeness (QED) is 0.297. The largest absolute Gasteiger partial charge is 0.108 e. The first kappa shape index (κ1) is 28.4. The molecule has 192 valence electrons. The maximum absolute atomic E-state index is 4.08. The summed E-state index contributed by atoms with van der Waals surface area (Å²) in [6.07, 6.45) is 7.01. The molecule has 36 heavy (non-hydrogen) atoms. The van der Waals surface area contributed by atoms with Crippen LogP contribution in [0.4, 0.5) is 0 Å². The molecule has 0 N–H and O–H groups in total. The van der Waals surface area contributed by atoms with Crippen LogP contribution in [0, 0.1) is 6.92 Å². The van der Waals surface area contributed by atoms with E-state index in [9.17, 15) is 0 Å². The van der Waals surface area contributed by atoms with Gasteiger partial charge in [0.05, 0.1) is 0 Å². The van der Waals surface area contributed by atoms with E-state index in [-0.39, 0.29) is 16.2 Å². The summed E-state index contributed by atoms with van der Waals surface area (Å²) in [5.74, 6) is 0. The van der Waals surface area contributed by atoms with Crippen LogP contribution in [0.5, 0.6) is 0 Å². The molecule has 0 aromatic heterocycles. The highest BCUT2D eigenvalue weighted by molar-refractivity contribution is 7.35. The summed E-state index contributed by atoms with van der Waals surface area (Å²) in [5, 5.41) is 0. The molecule has 0 radical (unpaired) electrons. The Kier molecular flexibility index (Phi) is 8.42. The van der Waals surface area contributed by atoms with E-state index in [1.807, 2.05) is 0 Å². The van der Waals surface area contributed by atoms with Crippen LogP contribution < -0.4 is 0 Å². The molecule has 0 aliphatic carbocycles. The van der Waals surface area contributed by atoms with Gasteiger partial charge in [-0.25, -0.2) is 0 Å². The Bertz CT molecular complexity index is 1220. The maximum atomic E-state index is 4.08. The molecule has 3 aromatic carbocycles. The smallest absolute Gasteiger partial charge is 0.0140 e. The average Bonchev–Trinajstić information content (AvgIpc) is 2.71. The van der Waals surface area contributed by atoms with Gasteiger partial charge in [0.15, 0.2) is 0 Å². The van der Waals surface area contributed by atoms with Gasteiger partial charge in [-0.1, -0.05) is 129 Å². The Morgan fingerprint density at radius 3 is 1.22 bits per heavy atom. The molecular formula is C35H47P. The second-order valence-electron chi connectivity index (χ2n) is 13.8. The fraction of sp³-hybridized carbons (Fsp3) is 0.457. The summed E-state index contributed by atoms with van der Waals surface area (Å²) < 4.78 is 0. The zero-order valence-electron chi connectivity index (χ0n) is 24.5. The van der Waals surface area contributed by atoms with Gasteiger partial charge in [-0.05, 0) is 80.5 Å². The first-order chi connectivity index (χ1) is 16.5. The van der Waals surface area contributed by atoms with Crippen molar-refractivity contribution in [1.29, 1.82) is 0 Å². The highest BCUT2D eigenvalue weighted by atomic mass is 31.1. The van der Waals surface area contributed by atoms with Gasteiger partial charge in [0, 0.05) is 6.16 Å². The van der Waals surface area contributed by atoms with Crippen LogP contribution in [0.3, 0.4) is 0 Å². The van der Waals surface area contributed by atoms with Gasteiger partial charge in [-0.15, -0.1) is 8.20 Å². The van der Waals surface area contributed by atoms with Crippen LogP contribution in [0.15, 0.2) is 54.6 Å². The zero-order valence-corrected chi connectivity index (χ0v) is 25.4. The van der Waals surface area contributed by atoms with Crippen LogP contribution >= 0.6 is 8.20 Å². The van der Waals surface area contributed by atoms with Crippen molar-refractivity contribution in [2.24, 2.45) is 0 Å². The van der Waals surface area contributed by atoms with Crippen molar-refractivity contribution in [2.75, 3.05) is 0 Å². The lowest BCUT2D eigenvalue weighted by Crippen LogP contribution is -2.14. The first-order valence-electron chi connectivity index (χ1n) is 13.3. The van der Waals surface area contributed by atoms with E-state index in [4.69, 9.17) is 0 Å². The SMILES string of the molecule is C=PCc1cc(Cc2cc(Cc3cc(C)cc(C(C)(C)C)c3)cc(C(C)(C)C)c2)cc(C(C)(C)C)c1. The number of hydrogen-bond donors (Lipinski definition) is 0. The predicted molar refractivity (Wildman–Crippen MR) is 164 cm³/mol. The molecule has 0 unspecified atom stereocenters. The third-order valence-electron chi connectivity index (χ3n) is 6.95. The van der Waals surface area contributed by atoms with Crippen molar-refractivity contribution < 1.29 is 0 Å². The van der Waals surface area contributed by atoms with E-state index in [2.05, 4.69) is 130 Å². The second kappa shape index (κ2) is 10.7. The van der Waals surface area contributed by atoms with Gasteiger partial charge in [-0.2, -0.15) is 0 Å². The van der Waals surface area contributed by atoms with Crippen molar-refractivity contribution in [2.45, 2.75) is 104 Å². The molecule has 0 saturated carbocycles. The summed E-state index contributed by atoms with van der Waals surface area (Å²) >= 11 is 0. The predicted octanol–water partition coefficient (Wildman–Crippen LogP) is 9.95. The number of hydrogen-bond acceptors (Lipinski definition) is 0. The van der Waals surface area contributed by atoms with Gasteiger partial charge < -0.3 is 0 Å². The van der Waals surface area contributed by atoms with E-state index in [0.29, 0.717) is 0 Å². The summed E-state index contributed by atoms with van der Waals surface area (Å²) in [5.41, 5.74) is 13.0. The number of benzene rings is 3. The van der Waals surface area contributed by atoms with Crippen molar-refractivity contribution >= 4 is 14.5 Å². The third-order valence-corrected chi connectivity index (χ3v) is 7.54. The normalized spacial score (nSPS) is 12.8. The van der Waals surface area contributed by atoms with Crippen LogP contribution in [0.1, 0.15) is 112 Å². The molecule has 0 heterocycles. The van der Waals surface area contributed by atoms with Crippen LogP contribution in [0.2, 0.25) is 0 Å². The lowest BCUT2D eigenvalue weighted by molar-refractivity contribution is 0.587. The van der Waals surface area contributed by atoms with E-state index < -0.39 is 0 Å². The van der Waals surface area contributed by atoms with Gasteiger partial charge >= 0.3 is 0 Å². The maximum Gasteiger partial charge on any atom is 0.0140 e. The van der Waals surface area contributed by atoms with Crippen molar-refractivity contribution in [1.82, 2.24) is 0 Å². The monoisotopic (exact) mass is 498 g/mol. The summed E-state index contributed by atoms with van der Waals surface area (Å²) in [6, 6.07) is 21.6. The van der Waals surface area contributed by atoms with E-state index in [0.717, 1.165) is 19.0 Å². The molecule has 0 aliphatic heterocycles. The third kappa shape index (κ3) is 7.66. The second-order valence-corrected chi connectivity index (χ2v) is 14.5. The van der Waals surface area contributed by atoms with Crippen LogP contribution in [-0.4, -0.2) is 6.30 Å². The lowest BCUT2D eigenvalue weighted by atomic mass is 9.81. The lowest BCUT2D eigenvalue weighted by Gasteiger charge is -2.23. The molecule has 0 nitrogen and oxygen atoms in total. The van der Waals surface area contributed by atoms with Crippen LogP contribution in [0.25, 0.3) is 0 Å². The number of rotatable bonds is 6. The van der Waals surface area contributed by atoms with Crippen molar-refractivity contribution in [3.8, 4) is 0 Å². The van der Waals surface area contributed by atoms with Crippen LogP contribution in [-0.2, 0) is 35.2 Å². The highest BCUT2D eigenvalue weighted by Gasteiger charge is 2.19. The van der Waals surface area contributed by atoms with E-state index in [1.54, 1.807) is 0 Å². The molecule has 0 aliphatic rings. The molecule has 0 atom stereocenters. The molecular weight excluding hydrogens is 451 g/mol. The fourth-order valence-corrected chi connectivity index (χ4v) is 5.23. The summed E-state index contributed by atoms with van der Waals surface area (Å²) in [4.78, 5) is 0. The fourth-order valence-electron chi connectivity index (χ4n) is 4.79. The Morgan fingerprint density at radius 2 is 0.833 bits per heavy atom. The molecule has 0 fully saturated rings. The standard InChI is InChI=1S/C35H47P/c1-24-12-25(18-30(13-24)33(2,3)4)14-26-15-27(20-31(19-26)34(5,6)7)16-28-17-29(23-36-11)22-32(21-28)35(8,9)10/h12-13,15,17-22H,11,14,16,23H2,1-10H3. The summed E-state index contributed by atoms with van der Waals surface area (Å²) in [6.45, 7) is 23.0. The minimum Gasteiger partial charge on any atom is -0.108 e. The van der Waals surface area contributed by atoms with Gasteiger partial charge in [-0.3, -0.25) is 0 Å².